The first-order valence-corrected chi connectivity index (χ1v) is 7.66. The molecule has 2 aromatic carbocycles. The van der Waals surface area contributed by atoms with Crippen LogP contribution in [0, 0.1) is 12.7 Å². The second-order valence-corrected chi connectivity index (χ2v) is 5.84. The van der Waals surface area contributed by atoms with E-state index in [0.717, 1.165) is 16.1 Å². The molecule has 0 radical (unpaired) electrons. The van der Waals surface area contributed by atoms with E-state index in [1.807, 2.05) is 31.2 Å². The maximum Gasteiger partial charge on any atom is 0.325 e. The number of anilines is 2. The summed E-state index contributed by atoms with van der Waals surface area (Å²) in [7, 11) is 0. The molecule has 2 amide bonds. The van der Waals surface area contributed by atoms with Crippen LogP contribution in [0.5, 0.6) is 0 Å². The molecule has 7 heteroatoms. The Hall–Kier alpha value is -2.80. The van der Waals surface area contributed by atoms with Crippen LogP contribution in [0.3, 0.4) is 0 Å². The molecule has 0 aliphatic heterocycles. The van der Waals surface area contributed by atoms with Gasteiger partial charge in [-0.3, -0.25) is 5.32 Å². The minimum Gasteiger partial charge on any atom is -0.308 e. The van der Waals surface area contributed by atoms with E-state index in [4.69, 9.17) is 0 Å². The van der Waals surface area contributed by atoms with Crippen molar-refractivity contribution in [2.24, 2.45) is 0 Å². The molecule has 0 aliphatic carbocycles. The Morgan fingerprint density at radius 3 is 2.39 bits per heavy atom. The zero-order chi connectivity index (χ0) is 16.2. The fraction of sp³-hybridized carbons (Fsp3) is 0.0625. The number of urea groups is 1. The van der Waals surface area contributed by atoms with Crippen LogP contribution < -0.4 is 10.6 Å². The molecule has 0 aliphatic rings. The first-order valence-electron chi connectivity index (χ1n) is 6.84. The molecule has 23 heavy (non-hydrogen) atoms. The third kappa shape index (κ3) is 3.89. The summed E-state index contributed by atoms with van der Waals surface area (Å²) < 4.78 is 12.8. The van der Waals surface area contributed by atoms with Crippen molar-refractivity contribution in [3.63, 3.8) is 0 Å². The molecule has 116 valence electrons. The normalized spacial score (nSPS) is 10.3. The van der Waals surface area contributed by atoms with E-state index in [0.29, 0.717) is 10.8 Å². The van der Waals surface area contributed by atoms with Crippen LogP contribution in [0.2, 0.25) is 0 Å². The van der Waals surface area contributed by atoms with Crippen molar-refractivity contribution in [1.82, 2.24) is 10.2 Å². The lowest BCUT2D eigenvalue weighted by atomic mass is 10.2. The van der Waals surface area contributed by atoms with Gasteiger partial charge in [0.2, 0.25) is 5.13 Å². The van der Waals surface area contributed by atoms with Crippen molar-refractivity contribution < 1.29 is 9.18 Å². The Labute approximate surface area is 136 Å². The average Bonchev–Trinajstić information content (AvgIpc) is 2.98. The van der Waals surface area contributed by atoms with Gasteiger partial charge < -0.3 is 5.32 Å². The number of aryl methyl sites for hydroxylation is 1. The van der Waals surface area contributed by atoms with E-state index in [9.17, 15) is 9.18 Å². The van der Waals surface area contributed by atoms with Crippen molar-refractivity contribution in [2.45, 2.75) is 6.92 Å². The van der Waals surface area contributed by atoms with Crippen molar-refractivity contribution >= 4 is 28.2 Å². The minimum atomic E-state index is -0.455. The lowest BCUT2D eigenvalue weighted by molar-refractivity contribution is 0.262. The monoisotopic (exact) mass is 328 g/mol. The van der Waals surface area contributed by atoms with Gasteiger partial charge in [-0.25, -0.2) is 9.18 Å². The summed E-state index contributed by atoms with van der Waals surface area (Å²) in [5.74, 6) is -0.358. The van der Waals surface area contributed by atoms with Gasteiger partial charge in [0.25, 0.3) is 0 Å². The number of aromatic nitrogens is 2. The molecule has 1 aromatic heterocycles. The minimum absolute atomic E-state index is 0.358. The standard InChI is InChI=1S/C16H13FN4OS/c1-10-2-4-11(5-3-10)14-20-21-16(23-14)19-15(22)18-13-8-6-12(17)7-9-13/h2-9H,1H3,(H2,18,19,21,22). The van der Waals surface area contributed by atoms with E-state index < -0.39 is 6.03 Å². The number of rotatable bonds is 3. The third-order valence-corrected chi connectivity index (χ3v) is 3.93. The summed E-state index contributed by atoms with van der Waals surface area (Å²) in [6, 6.07) is 12.9. The Kier molecular flexibility index (Phi) is 4.29. The summed E-state index contributed by atoms with van der Waals surface area (Å²) >= 11 is 1.28. The Morgan fingerprint density at radius 2 is 1.70 bits per heavy atom. The number of hydrogen-bond acceptors (Lipinski definition) is 4. The Morgan fingerprint density at radius 1 is 1.00 bits per heavy atom. The van der Waals surface area contributed by atoms with Crippen molar-refractivity contribution in [2.75, 3.05) is 10.6 Å². The SMILES string of the molecule is Cc1ccc(-c2nnc(NC(=O)Nc3ccc(F)cc3)s2)cc1. The quantitative estimate of drug-likeness (QED) is 0.753. The lowest BCUT2D eigenvalue weighted by Crippen LogP contribution is -2.19. The fourth-order valence-corrected chi connectivity index (χ4v) is 2.62. The van der Waals surface area contributed by atoms with E-state index in [2.05, 4.69) is 20.8 Å². The summed E-state index contributed by atoms with van der Waals surface area (Å²) in [5.41, 5.74) is 2.60. The number of nitrogens with zero attached hydrogens (tertiary/aromatic N) is 2. The zero-order valence-corrected chi connectivity index (χ0v) is 13.0. The van der Waals surface area contributed by atoms with E-state index >= 15 is 0 Å². The number of carbonyl (C=O) groups is 1. The van der Waals surface area contributed by atoms with Crippen LogP contribution in [0.1, 0.15) is 5.56 Å². The van der Waals surface area contributed by atoms with Crippen LogP contribution in [0.4, 0.5) is 20.0 Å². The van der Waals surface area contributed by atoms with Gasteiger partial charge in [0.1, 0.15) is 10.8 Å². The number of amides is 2. The maximum atomic E-state index is 12.8. The van der Waals surface area contributed by atoms with Gasteiger partial charge in [0, 0.05) is 11.3 Å². The van der Waals surface area contributed by atoms with Gasteiger partial charge in [-0.05, 0) is 31.2 Å². The van der Waals surface area contributed by atoms with Gasteiger partial charge >= 0.3 is 6.03 Å². The summed E-state index contributed by atoms with van der Waals surface area (Å²) in [6.45, 7) is 2.01. The fourth-order valence-electron chi connectivity index (χ4n) is 1.88. The second-order valence-electron chi connectivity index (χ2n) is 4.86. The van der Waals surface area contributed by atoms with Crippen LogP contribution >= 0.6 is 11.3 Å². The van der Waals surface area contributed by atoms with Crippen LogP contribution in [0.25, 0.3) is 10.6 Å². The summed E-state index contributed by atoms with van der Waals surface area (Å²) in [6.07, 6.45) is 0. The molecule has 0 saturated heterocycles. The number of halogens is 1. The summed E-state index contributed by atoms with van der Waals surface area (Å²) in [4.78, 5) is 11.9. The van der Waals surface area contributed by atoms with E-state index in [1.165, 1.54) is 35.6 Å². The van der Waals surface area contributed by atoms with Crippen molar-refractivity contribution in [3.05, 3.63) is 59.9 Å². The van der Waals surface area contributed by atoms with Gasteiger partial charge in [-0.15, -0.1) is 10.2 Å². The smallest absolute Gasteiger partial charge is 0.308 e. The molecule has 0 fully saturated rings. The van der Waals surface area contributed by atoms with E-state index in [1.54, 1.807) is 0 Å². The predicted molar refractivity (Wildman–Crippen MR) is 89.1 cm³/mol. The average molecular weight is 328 g/mol. The lowest BCUT2D eigenvalue weighted by Gasteiger charge is -2.04. The topological polar surface area (TPSA) is 66.9 Å². The van der Waals surface area contributed by atoms with Crippen LogP contribution in [-0.2, 0) is 0 Å². The van der Waals surface area contributed by atoms with Crippen LogP contribution in [0.15, 0.2) is 48.5 Å². The van der Waals surface area contributed by atoms with E-state index in [-0.39, 0.29) is 5.82 Å². The van der Waals surface area contributed by atoms with Crippen molar-refractivity contribution in [1.29, 1.82) is 0 Å². The molecule has 5 nitrogen and oxygen atoms in total. The molecule has 3 rings (SSSR count). The molecule has 0 bridgehead atoms. The molecule has 3 aromatic rings. The number of carbonyl (C=O) groups excluding carboxylic acids is 1. The molecule has 1 heterocycles. The molecular weight excluding hydrogens is 315 g/mol. The number of hydrogen-bond donors (Lipinski definition) is 2. The maximum absolute atomic E-state index is 12.8. The highest BCUT2D eigenvalue weighted by Crippen LogP contribution is 2.26. The summed E-state index contributed by atoms with van der Waals surface area (Å²) in [5, 5.41) is 14.3. The molecule has 0 spiro atoms. The molecule has 2 N–H and O–H groups in total. The molecular formula is C16H13FN4OS. The molecule has 0 unspecified atom stereocenters. The third-order valence-electron chi connectivity index (χ3n) is 3.05. The second kappa shape index (κ2) is 6.53. The highest BCUT2D eigenvalue weighted by atomic mass is 32.1. The van der Waals surface area contributed by atoms with Gasteiger partial charge in [0.05, 0.1) is 0 Å². The highest BCUT2D eigenvalue weighted by Gasteiger charge is 2.09. The number of benzene rings is 2. The van der Waals surface area contributed by atoms with Crippen molar-refractivity contribution in [3.8, 4) is 10.6 Å². The molecule has 0 atom stereocenters. The Bertz CT molecular complexity index is 815. The number of nitrogens with one attached hydrogen (secondary N) is 2. The van der Waals surface area contributed by atoms with Gasteiger partial charge in [0.15, 0.2) is 0 Å². The zero-order valence-electron chi connectivity index (χ0n) is 12.2. The van der Waals surface area contributed by atoms with Crippen LogP contribution in [-0.4, -0.2) is 16.2 Å². The Balaban J connectivity index is 1.65. The van der Waals surface area contributed by atoms with Gasteiger partial charge in [-0.1, -0.05) is 41.2 Å². The predicted octanol–water partition coefficient (Wildman–Crippen LogP) is 4.30. The molecule has 0 saturated carbocycles. The highest BCUT2D eigenvalue weighted by molar-refractivity contribution is 7.18. The first-order chi connectivity index (χ1) is 11.1. The van der Waals surface area contributed by atoms with Gasteiger partial charge in [-0.2, -0.15) is 0 Å². The first kappa shape index (κ1) is 15.1. The largest absolute Gasteiger partial charge is 0.325 e.